The summed E-state index contributed by atoms with van der Waals surface area (Å²) in [5.74, 6) is 0. The van der Waals surface area contributed by atoms with Crippen LogP contribution < -0.4 is 5.14 Å². The maximum absolute atomic E-state index is 11.1. The van der Waals surface area contributed by atoms with Crippen LogP contribution in [-0.2, 0) is 10.0 Å². The van der Waals surface area contributed by atoms with Gasteiger partial charge in [-0.1, -0.05) is 6.07 Å². The van der Waals surface area contributed by atoms with Gasteiger partial charge in [0.25, 0.3) is 4.84 Å². The van der Waals surface area contributed by atoms with E-state index in [2.05, 4.69) is 4.98 Å². The molecule has 0 saturated carbocycles. The molecule has 0 spiro atoms. The summed E-state index contributed by atoms with van der Waals surface area (Å²) >= 11 is 4.74. The number of fused-ring (bicyclic) bond motifs is 1. The highest BCUT2D eigenvalue weighted by atomic mass is 32.2. The van der Waals surface area contributed by atoms with E-state index in [1.807, 2.05) is 0 Å². The number of aromatic amines is 1. The van der Waals surface area contributed by atoms with Crippen molar-refractivity contribution in [3.63, 3.8) is 0 Å². The fourth-order valence-electron chi connectivity index (χ4n) is 1.18. The van der Waals surface area contributed by atoms with Crippen LogP contribution in [0.4, 0.5) is 0 Å². The zero-order valence-corrected chi connectivity index (χ0v) is 8.48. The first kappa shape index (κ1) is 9.38. The smallest absolute Gasteiger partial charge is 0.266 e. The Labute approximate surface area is 84.6 Å². The highest BCUT2D eigenvalue weighted by Gasteiger charge is 2.14. The Kier molecular flexibility index (Phi) is 1.95. The second-order valence-electron chi connectivity index (χ2n) is 2.69. The van der Waals surface area contributed by atoms with Gasteiger partial charge in [-0.3, -0.25) is 0 Å². The number of sulfonamides is 1. The molecule has 0 atom stereocenters. The van der Waals surface area contributed by atoms with Crippen LogP contribution in [0.15, 0.2) is 27.5 Å². The molecular weight excluding hydrogens is 224 g/mol. The number of nitrogens with two attached hydrogens (primary N) is 1. The van der Waals surface area contributed by atoms with Crippen molar-refractivity contribution in [2.45, 2.75) is 4.90 Å². The molecule has 14 heavy (non-hydrogen) atoms. The molecule has 1 aromatic heterocycles. The maximum atomic E-state index is 11.1. The predicted molar refractivity (Wildman–Crippen MR) is 52.8 cm³/mol. The van der Waals surface area contributed by atoms with E-state index in [1.54, 1.807) is 6.07 Å². The Balaban J connectivity index is 2.98. The zero-order chi connectivity index (χ0) is 10.3. The molecule has 0 saturated heterocycles. The summed E-state index contributed by atoms with van der Waals surface area (Å²) in [4.78, 5) is 2.73. The molecule has 74 valence electrons. The van der Waals surface area contributed by atoms with Crippen molar-refractivity contribution in [2.75, 3.05) is 0 Å². The van der Waals surface area contributed by atoms with Gasteiger partial charge in [-0.2, -0.15) is 0 Å². The molecule has 0 aliphatic carbocycles. The van der Waals surface area contributed by atoms with E-state index >= 15 is 0 Å². The van der Waals surface area contributed by atoms with E-state index in [0.717, 1.165) is 0 Å². The lowest BCUT2D eigenvalue weighted by atomic mass is 10.3. The number of oxazole rings is 1. The number of H-pyrrole nitrogens is 1. The molecule has 3 N–H and O–H groups in total. The Morgan fingerprint density at radius 1 is 1.43 bits per heavy atom. The van der Waals surface area contributed by atoms with Crippen LogP contribution in [0, 0.1) is 4.84 Å². The summed E-state index contributed by atoms with van der Waals surface area (Å²) < 4.78 is 27.3. The van der Waals surface area contributed by atoms with Gasteiger partial charge in [0.15, 0.2) is 5.58 Å². The van der Waals surface area contributed by atoms with Crippen LogP contribution in [0.25, 0.3) is 11.1 Å². The molecule has 0 unspecified atom stereocenters. The number of para-hydroxylation sites is 1. The van der Waals surface area contributed by atoms with Crippen molar-refractivity contribution in [2.24, 2.45) is 5.14 Å². The first-order valence-corrected chi connectivity index (χ1v) is 5.58. The first-order valence-electron chi connectivity index (χ1n) is 3.63. The normalized spacial score (nSPS) is 12.1. The van der Waals surface area contributed by atoms with Gasteiger partial charge in [0, 0.05) is 0 Å². The standard InChI is InChI=1S/C7H6N2O3S2/c8-14(10,11)5-3-1-2-4-6(5)9-7(13)12-4/h1-3H,(H,9,13)(H2,8,10,11). The molecule has 1 heterocycles. The first-order chi connectivity index (χ1) is 6.48. The van der Waals surface area contributed by atoms with E-state index in [1.165, 1.54) is 12.1 Å². The Bertz CT molecular complexity index is 638. The quantitative estimate of drug-likeness (QED) is 0.719. The number of aromatic nitrogens is 1. The van der Waals surface area contributed by atoms with Crippen LogP contribution in [0.3, 0.4) is 0 Å². The third kappa shape index (κ3) is 1.45. The molecule has 0 radical (unpaired) electrons. The SMILES string of the molecule is NS(=O)(=O)c1cccc2oc(=S)[nH]c12. The van der Waals surface area contributed by atoms with E-state index < -0.39 is 10.0 Å². The molecule has 0 fully saturated rings. The van der Waals surface area contributed by atoms with E-state index in [4.69, 9.17) is 21.8 Å². The highest BCUT2D eigenvalue weighted by molar-refractivity contribution is 7.89. The Morgan fingerprint density at radius 2 is 2.14 bits per heavy atom. The Morgan fingerprint density at radius 3 is 2.79 bits per heavy atom. The number of hydrogen-bond donors (Lipinski definition) is 2. The third-order valence-electron chi connectivity index (χ3n) is 1.72. The summed E-state index contributed by atoms with van der Waals surface area (Å²) in [6, 6.07) is 4.53. The van der Waals surface area contributed by atoms with Gasteiger partial charge in [-0.05, 0) is 24.4 Å². The predicted octanol–water partition coefficient (Wildman–Crippen LogP) is 1.14. The molecule has 2 aromatic rings. The number of primary sulfonamides is 1. The topological polar surface area (TPSA) is 89.1 Å². The fraction of sp³-hybridized carbons (Fsp3) is 0. The summed E-state index contributed by atoms with van der Waals surface area (Å²) in [5.41, 5.74) is 0.682. The Hall–Kier alpha value is -1.18. The number of benzene rings is 1. The largest absolute Gasteiger partial charge is 0.429 e. The second-order valence-corrected chi connectivity index (χ2v) is 4.59. The van der Waals surface area contributed by atoms with Gasteiger partial charge < -0.3 is 9.40 Å². The molecule has 0 amide bonds. The molecule has 1 aromatic carbocycles. The second kappa shape index (κ2) is 2.91. The van der Waals surface area contributed by atoms with Crippen LogP contribution in [-0.4, -0.2) is 13.4 Å². The van der Waals surface area contributed by atoms with Gasteiger partial charge in [0.1, 0.15) is 10.4 Å². The lowest BCUT2D eigenvalue weighted by Gasteiger charge is -1.97. The van der Waals surface area contributed by atoms with Crippen molar-refractivity contribution >= 4 is 33.3 Å². The third-order valence-corrected chi connectivity index (χ3v) is 2.86. The van der Waals surface area contributed by atoms with Crippen molar-refractivity contribution in [1.29, 1.82) is 0 Å². The number of rotatable bonds is 1. The monoisotopic (exact) mass is 230 g/mol. The van der Waals surface area contributed by atoms with Crippen LogP contribution in [0.5, 0.6) is 0 Å². The lowest BCUT2D eigenvalue weighted by molar-refractivity contribution is 0.583. The molecule has 0 aliphatic heterocycles. The minimum Gasteiger partial charge on any atom is -0.429 e. The van der Waals surface area contributed by atoms with Crippen molar-refractivity contribution < 1.29 is 12.8 Å². The average molecular weight is 230 g/mol. The van der Waals surface area contributed by atoms with E-state index in [9.17, 15) is 8.42 Å². The van der Waals surface area contributed by atoms with Crippen molar-refractivity contribution in [3.8, 4) is 0 Å². The van der Waals surface area contributed by atoms with E-state index in [0.29, 0.717) is 11.1 Å². The molecule has 0 bridgehead atoms. The molecule has 2 rings (SSSR count). The number of nitrogens with one attached hydrogen (secondary N) is 1. The van der Waals surface area contributed by atoms with Crippen molar-refractivity contribution in [1.82, 2.24) is 4.98 Å². The van der Waals surface area contributed by atoms with Crippen molar-refractivity contribution in [3.05, 3.63) is 23.0 Å². The van der Waals surface area contributed by atoms with Gasteiger partial charge >= 0.3 is 0 Å². The molecular formula is C7H6N2O3S2. The molecule has 5 nitrogen and oxygen atoms in total. The summed E-state index contributed by atoms with van der Waals surface area (Å²) in [7, 11) is -3.75. The summed E-state index contributed by atoms with van der Waals surface area (Å²) in [6.07, 6.45) is 0. The zero-order valence-electron chi connectivity index (χ0n) is 6.85. The van der Waals surface area contributed by atoms with Gasteiger partial charge in [-0.15, -0.1) is 0 Å². The fourth-order valence-corrected chi connectivity index (χ4v) is 2.08. The summed E-state index contributed by atoms with van der Waals surface area (Å²) in [6.45, 7) is 0. The average Bonchev–Trinajstić information content (AvgIpc) is 2.41. The van der Waals surface area contributed by atoms with Crippen LogP contribution >= 0.6 is 12.2 Å². The minimum absolute atomic E-state index is 0.0187. The van der Waals surface area contributed by atoms with Gasteiger partial charge in [0.2, 0.25) is 10.0 Å². The maximum Gasteiger partial charge on any atom is 0.266 e. The lowest BCUT2D eigenvalue weighted by Crippen LogP contribution is -2.12. The molecule has 7 heteroatoms. The van der Waals surface area contributed by atoms with Gasteiger partial charge in [-0.25, -0.2) is 13.6 Å². The number of hydrogen-bond acceptors (Lipinski definition) is 4. The van der Waals surface area contributed by atoms with E-state index in [-0.39, 0.29) is 9.73 Å². The van der Waals surface area contributed by atoms with Crippen LogP contribution in [0.2, 0.25) is 0 Å². The summed E-state index contributed by atoms with van der Waals surface area (Å²) in [5, 5.41) is 5.01. The highest BCUT2D eigenvalue weighted by Crippen LogP contribution is 2.20. The van der Waals surface area contributed by atoms with Crippen LogP contribution in [0.1, 0.15) is 0 Å². The van der Waals surface area contributed by atoms with Gasteiger partial charge in [0.05, 0.1) is 0 Å². The molecule has 0 aliphatic rings. The minimum atomic E-state index is -3.75.